The molecule has 0 radical (unpaired) electrons. The van der Waals surface area contributed by atoms with Crippen molar-refractivity contribution in [2.75, 3.05) is 19.6 Å². The Labute approximate surface area is 148 Å². The summed E-state index contributed by atoms with van der Waals surface area (Å²) in [7, 11) is -5.38. The van der Waals surface area contributed by atoms with E-state index < -0.39 is 20.0 Å². The van der Waals surface area contributed by atoms with Gasteiger partial charge in [0.15, 0.2) is 5.03 Å². The highest BCUT2D eigenvalue weighted by Gasteiger charge is 2.34. The zero-order valence-corrected chi connectivity index (χ0v) is 15.6. The molecular weight excluding hydrogens is 362 g/mol. The Morgan fingerprint density at radius 1 is 1.28 bits per heavy atom. The molecule has 25 heavy (non-hydrogen) atoms. The van der Waals surface area contributed by atoms with E-state index in [0.717, 1.165) is 16.3 Å². The van der Waals surface area contributed by atoms with Crippen LogP contribution in [0.25, 0.3) is 10.9 Å². The Kier molecular flexibility index (Phi) is 4.76. The quantitative estimate of drug-likeness (QED) is 0.813. The first kappa shape index (κ1) is 18.1. The fourth-order valence-electron chi connectivity index (χ4n) is 3.12. The third-order valence-electron chi connectivity index (χ3n) is 4.55. The van der Waals surface area contributed by atoms with Crippen LogP contribution in [0.4, 0.5) is 0 Å². The van der Waals surface area contributed by atoms with Gasteiger partial charge in [-0.2, -0.15) is 4.31 Å². The molecule has 0 aliphatic carbocycles. The van der Waals surface area contributed by atoms with Gasteiger partial charge in [-0.25, -0.2) is 21.6 Å². The van der Waals surface area contributed by atoms with Crippen LogP contribution >= 0.6 is 0 Å². The summed E-state index contributed by atoms with van der Waals surface area (Å²) in [5, 5.41) is 1.98. The van der Waals surface area contributed by atoms with Crippen molar-refractivity contribution in [3.63, 3.8) is 0 Å². The monoisotopic (exact) mass is 383 g/mol. The average Bonchev–Trinajstić information content (AvgIpc) is 3.19. The van der Waals surface area contributed by atoms with Gasteiger partial charge in [-0.15, -0.1) is 0 Å². The molecule has 9 heteroatoms. The van der Waals surface area contributed by atoms with E-state index in [1.54, 1.807) is 17.7 Å². The zero-order valence-electron chi connectivity index (χ0n) is 13.9. The Morgan fingerprint density at radius 2 is 2.00 bits per heavy atom. The minimum absolute atomic E-state index is 0.0563. The number of aryl methyl sites for hydroxylation is 1. The topological polar surface area (TPSA) is 88.5 Å². The summed E-state index contributed by atoms with van der Waals surface area (Å²) < 4.78 is 54.4. The minimum Gasteiger partial charge on any atom is -0.334 e. The smallest absolute Gasteiger partial charge is 0.258 e. The molecule has 2 heterocycles. The Bertz CT molecular complexity index is 1010. The van der Waals surface area contributed by atoms with Gasteiger partial charge in [-0.3, -0.25) is 0 Å². The molecular formula is C16H21N3O4S2. The van der Waals surface area contributed by atoms with Crippen molar-refractivity contribution in [3.8, 4) is 0 Å². The maximum Gasteiger partial charge on any atom is 0.258 e. The van der Waals surface area contributed by atoms with E-state index in [1.807, 2.05) is 24.3 Å². The van der Waals surface area contributed by atoms with E-state index in [2.05, 4.69) is 11.3 Å². The number of rotatable bonds is 6. The molecule has 1 aromatic carbocycles. The van der Waals surface area contributed by atoms with E-state index >= 15 is 0 Å². The molecule has 1 saturated heterocycles. The van der Waals surface area contributed by atoms with Crippen LogP contribution < -0.4 is 4.72 Å². The largest absolute Gasteiger partial charge is 0.334 e. The first-order chi connectivity index (χ1) is 11.7. The third-order valence-corrected chi connectivity index (χ3v) is 7.49. The zero-order chi connectivity index (χ0) is 18.2. The summed E-state index contributed by atoms with van der Waals surface area (Å²) in [4.78, 5) is 0. The average molecular weight is 383 g/mol. The van der Waals surface area contributed by atoms with Gasteiger partial charge in [0.2, 0.25) is 10.0 Å². The van der Waals surface area contributed by atoms with Gasteiger partial charge in [0.1, 0.15) is 0 Å². The van der Waals surface area contributed by atoms with Crippen molar-refractivity contribution in [1.82, 2.24) is 13.6 Å². The van der Waals surface area contributed by atoms with Crippen LogP contribution in [0.5, 0.6) is 0 Å². The van der Waals surface area contributed by atoms with Gasteiger partial charge in [0, 0.05) is 43.0 Å². The lowest BCUT2D eigenvalue weighted by atomic mass is 10.1. The highest BCUT2D eigenvalue weighted by molar-refractivity contribution is 7.92. The number of nitrogens with zero attached hydrogens (tertiary/aromatic N) is 2. The summed E-state index contributed by atoms with van der Waals surface area (Å²) in [6.45, 7) is 4.12. The van der Waals surface area contributed by atoms with Crippen molar-refractivity contribution in [1.29, 1.82) is 0 Å². The van der Waals surface area contributed by atoms with E-state index in [0.29, 0.717) is 19.5 Å². The van der Waals surface area contributed by atoms with Crippen LogP contribution in [-0.2, 0) is 27.1 Å². The van der Waals surface area contributed by atoms with Crippen LogP contribution in [0.2, 0.25) is 0 Å². The second kappa shape index (κ2) is 6.56. The number of sulfonamides is 2. The van der Waals surface area contributed by atoms with Gasteiger partial charge >= 0.3 is 0 Å². The van der Waals surface area contributed by atoms with Gasteiger partial charge in [0.25, 0.3) is 10.0 Å². The lowest BCUT2D eigenvalue weighted by molar-refractivity contribution is 0.450. The molecule has 2 aromatic rings. The number of hydrogen-bond donors (Lipinski definition) is 1. The maximum absolute atomic E-state index is 13.0. The fourth-order valence-corrected chi connectivity index (χ4v) is 5.44. The first-order valence-electron chi connectivity index (χ1n) is 7.91. The lowest BCUT2D eigenvalue weighted by Crippen LogP contribution is -2.33. The van der Waals surface area contributed by atoms with Crippen molar-refractivity contribution in [2.45, 2.75) is 11.4 Å². The van der Waals surface area contributed by atoms with Crippen molar-refractivity contribution < 1.29 is 16.8 Å². The predicted molar refractivity (Wildman–Crippen MR) is 96.9 cm³/mol. The molecule has 3 rings (SSSR count). The second-order valence-corrected chi connectivity index (χ2v) is 9.78. The van der Waals surface area contributed by atoms with Crippen LogP contribution in [-0.4, -0.2) is 45.3 Å². The molecule has 0 spiro atoms. The number of para-hydroxylation sites is 1. The lowest BCUT2D eigenvalue weighted by Gasteiger charge is -2.17. The van der Waals surface area contributed by atoms with Crippen LogP contribution in [0.15, 0.2) is 47.3 Å². The van der Waals surface area contributed by atoms with E-state index in [4.69, 9.17) is 0 Å². The van der Waals surface area contributed by atoms with Gasteiger partial charge in [-0.1, -0.05) is 24.8 Å². The van der Waals surface area contributed by atoms with Crippen molar-refractivity contribution in [2.24, 2.45) is 13.0 Å². The summed E-state index contributed by atoms with van der Waals surface area (Å²) in [5.74, 6) is -0.0563. The van der Waals surface area contributed by atoms with Crippen LogP contribution in [0.1, 0.15) is 6.42 Å². The normalized spacial score (nSPS) is 19.5. The molecule has 1 fully saturated rings. The van der Waals surface area contributed by atoms with Gasteiger partial charge in [-0.05, 0) is 24.5 Å². The van der Waals surface area contributed by atoms with Crippen LogP contribution in [0, 0.1) is 5.92 Å². The molecule has 136 valence electrons. The van der Waals surface area contributed by atoms with Gasteiger partial charge in [0.05, 0.1) is 0 Å². The van der Waals surface area contributed by atoms with Gasteiger partial charge < -0.3 is 4.57 Å². The molecule has 1 aromatic heterocycles. The molecule has 1 aliphatic rings. The standard InChI is InChI=1S/C16H21N3O4S2/c1-3-24(20,21)17-11-13-8-9-19(12-13)25(22,23)16-10-14-6-4-5-7-15(14)18(16)2/h3-7,10,13,17H,1,8-9,11-12H2,2H3/t13-/m1/s1. The number of fused-ring (bicyclic) bond motifs is 1. The molecule has 0 bridgehead atoms. The second-order valence-electron chi connectivity index (χ2n) is 6.18. The Hall–Kier alpha value is -1.68. The Morgan fingerprint density at radius 3 is 2.68 bits per heavy atom. The molecule has 1 aliphatic heterocycles. The Balaban J connectivity index is 1.79. The molecule has 1 atom stereocenters. The number of aromatic nitrogens is 1. The summed E-state index contributed by atoms with van der Waals surface area (Å²) in [5.41, 5.74) is 0.857. The molecule has 0 unspecified atom stereocenters. The van der Waals surface area contributed by atoms with Crippen molar-refractivity contribution in [3.05, 3.63) is 42.3 Å². The first-order valence-corrected chi connectivity index (χ1v) is 10.9. The van der Waals surface area contributed by atoms with E-state index in [1.165, 1.54) is 4.31 Å². The minimum atomic E-state index is -3.62. The molecule has 0 amide bonds. The molecule has 0 saturated carbocycles. The fraction of sp³-hybridized carbons (Fsp3) is 0.375. The van der Waals surface area contributed by atoms with E-state index in [9.17, 15) is 16.8 Å². The van der Waals surface area contributed by atoms with E-state index in [-0.39, 0.29) is 17.5 Å². The molecule has 1 N–H and O–H groups in total. The summed E-state index contributed by atoms with van der Waals surface area (Å²) in [6, 6.07) is 9.18. The maximum atomic E-state index is 13.0. The molecule has 7 nitrogen and oxygen atoms in total. The van der Waals surface area contributed by atoms with Crippen molar-refractivity contribution >= 4 is 30.9 Å². The number of benzene rings is 1. The predicted octanol–water partition coefficient (Wildman–Crippen LogP) is 1.25. The highest BCUT2D eigenvalue weighted by Crippen LogP contribution is 2.28. The highest BCUT2D eigenvalue weighted by atomic mass is 32.2. The summed E-state index contributed by atoms with van der Waals surface area (Å²) in [6.07, 6.45) is 0.614. The number of hydrogen-bond acceptors (Lipinski definition) is 4. The third kappa shape index (κ3) is 3.50. The van der Waals surface area contributed by atoms with Crippen LogP contribution in [0.3, 0.4) is 0 Å². The SMILES string of the molecule is C=CS(=O)(=O)NC[C@H]1CCN(S(=O)(=O)c2cc3ccccc3n2C)C1. The summed E-state index contributed by atoms with van der Waals surface area (Å²) >= 11 is 0. The number of nitrogens with one attached hydrogen (secondary N) is 1.